The Morgan fingerprint density at radius 3 is 1.64 bits per heavy atom. The lowest BCUT2D eigenvalue weighted by Gasteiger charge is -2.51. The molecule has 2 aliphatic heterocycles. The standard InChI is InChI=1S/C50H60Br2O15/c1-29(28-31-16-13-12-14-17-31)36(60-30(2)53)18-15-27-48-37(61-40(54)32-19-23-34(51)24-20-32)38(62-41(55)33-21-25-35(52)26-22-33)50(67-48,44(58)66-47(9,10)11)49(59,43(57)65-46(6,7)8)39(63-48)42(56)64-45(3,4)5/h12-14,16-17,19-26,29,36-39,59H,15,18,27-28H2,1-11H3/t29-,36-,37-,38-,39-,48+,49-,50+/m1/s1. The monoisotopic (exact) mass is 1060 g/mol. The van der Waals surface area contributed by atoms with Crippen LogP contribution in [0, 0.1) is 5.92 Å². The Morgan fingerprint density at radius 1 is 0.687 bits per heavy atom. The lowest BCUT2D eigenvalue weighted by atomic mass is 9.74. The number of halogens is 2. The first-order chi connectivity index (χ1) is 31.0. The molecule has 364 valence electrons. The molecule has 0 radical (unpaired) electrons. The van der Waals surface area contributed by atoms with Gasteiger partial charge in [-0.15, -0.1) is 0 Å². The van der Waals surface area contributed by atoms with Crippen LogP contribution in [0.15, 0.2) is 87.8 Å². The zero-order chi connectivity index (χ0) is 49.9. The van der Waals surface area contributed by atoms with E-state index in [1.807, 2.05) is 37.3 Å². The molecule has 8 atom stereocenters. The summed E-state index contributed by atoms with van der Waals surface area (Å²) in [4.78, 5) is 86.6. The van der Waals surface area contributed by atoms with Gasteiger partial charge in [0.25, 0.3) is 5.60 Å². The van der Waals surface area contributed by atoms with Gasteiger partial charge in [0.05, 0.1) is 11.1 Å². The summed E-state index contributed by atoms with van der Waals surface area (Å²) in [6.07, 6.45) is -7.39. The first-order valence-corrected chi connectivity index (χ1v) is 23.5. The molecule has 2 saturated heterocycles. The Labute approximate surface area is 408 Å². The van der Waals surface area contributed by atoms with E-state index in [4.69, 9.17) is 37.9 Å². The summed E-state index contributed by atoms with van der Waals surface area (Å²) in [7, 11) is 0. The van der Waals surface area contributed by atoms with Crippen LogP contribution in [0.2, 0.25) is 0 Å². The largest absolute Gasteiger partial charge is 0.462 e. The topological polar surface area (TPSA) is 196 Å². The highest BCUT2D eigenvalue weighted by molar-refractivity contribution is 9.10. The smallest absolute Gasteiger partial charge is 0.347 e. The van der Waals surface area contributed by atoms with Crippen molar-refractivity contribution in [3.05, 3.63) is 104 Å². The first-order valence-electron chi connectivity index (χ1n) is 21.9. The van der Waals surface area contributed by atoms with Crippen LogP contribution in [0.3, 0.4) is 0 Å². The van der Waals surface area contributed by atoms with Crippen molar-refractivity contribution >= 4 is 67.7 Å². The van der Waals surface area contributed by atoms with Gasteiger partial charge >= 0.3 is 35.8 Å². The highest BCUT2D eigenvalue weighted by atomic mass is 79.9. The van der Waals surface area contributed by atoms with Crippen LogP contribution in [0.1, 0.15) is 122 Å². The van der Waals surface area contributed by atoms with Crippen molar-refractivity contribution in [1.29, 1.82) is 0 Å². The van der Waals surface area contributed by atoms with Gasteiger partial charge in [0.1, 0.15) is 22.9 Å². The molecule has 2 bridgehead atoms. The van der Waals surface area contributed by atoms with E-state index in [9.17, 15) is 29.1 Å². The van der Waals surface area contributed by atoms with E-state index in [0.29, 0.717) is 15.4 Å². The summed E-state index contributed by atoms with van der Waals surface area (Å²) >= 11 is 6.71. The third-order valence-electron chi connectivity index (χ3n) is 10.7. The Hall–Kier alpha value is -4.68. The molecular formula is C50H60Br2O15. The molecule has 2 heterocycles. The fourth-order valence-electron chi connectivity index (χ4n) is 7.98. The number of aliphatic hydroxyl groups is 1. The Morgan fingerprint density at radius 2 is 1.16 bits per heavy atom. The van der Waals surface area contributed by atoms with Crippen LogP contribution in [0.4, 0.5) is 0 Å². The van der Waals surface area contributed by atoms with Gasteiger partial charge in [-0.25, -0.2) is 24.0 Å². The Kier molecular flexibility index (Phi) is 16.3. The number of hydrogen-bond donors (Lipinski definition) is 1. The van der Waals surface area contributed by atoms with Gasteiger partial charge < -0.3 is 43.0 Å². The molecular weight excluding hydrogens is 1000 g/mol. The van der Waals surface area contributed by atoms with Crippen LogP contribution < -0.4 is 0 Å². The van der Waals surface area contributed by atoms with Crippen molar-refractivity contribution in [2.75, 3.05) is 0 Å². The number of ether oxygens (including phenoxy) is 8. The van der Waals surface area contributed by atoms with Crippen LogP contribution in [0.5, 0.6) is 0 Å². The van der Waals surface area contributed by atoms with Crippen LogP contribution in [-0.4, -0.2) is 99.1 Å². The third kappa shape index (κ3) is 12.5. The van der Waals surface area contributed by atoms with Gasteiger partial charge in [-0.3, -0.25) is 4.79 Å². The van der Waals surface area contributed by atoms with E-state index in [1.165, 1.54) is 93.5 Å². The van der Waals surface area contributed by atoms with Crippen LogP contribution in [-0.2, 0) is 63.5 Å². The molecule has 0 aromatic heterocycles. The number of rotatable bonds is 15. The van der Waals surface area contributed by atoms with Gasteiger partial charge in [-0.1, -0.05) is 69.1 Å². The maximum absolute atomic E-state index is 15.4. The number of benzene rings is 3. The highest BCUT2D eigenvalue weighted by Gasteiger charge is 2.88. The average Bonchev–Trinajstić information content (AvgIpc) is 3.43. The fraction of sp³-hybridized carbons (Fsp3) is 0.520. The molecule has 17 heteroatoms. The molecule has 0 unspecified atom stereocenters. The van der Waals surface area contributed by atoms with Crippen molar-refractivity contribution < 1.29 is 71.8 Å². The number of carbonyl (C=O) groups is 6. The van der Waals surface area contributed by atoms with Crippen molar-refractivity contribution in [2.45, 2.75) is 160 Å². The van der Waals surface area contributed by atoms with Gasteiger partial charge in [0.2, 0.25) is 17.5 Å². The lowest BCUT2D eigenvalue weighted by molar-refractivity contribution is -0.378. The molecule has 0 saturated carbocycles. The maximum atomic E-state index is 15.4. The first kappa shape index (κ1) is 53.3. The number of hydrogen-bond acceptors (Lipinski definition) is 15. The third-order valence-corrected chi connectivity index (χ3v) is 11.8. The van der Waals surface area contributed by atoms with Gasteiger partial charge in [0, 0.05) is 22.3 Å². The minimum absolute atomic E-state index is 0.00685. The van der Waals surface area contributed by atoms with Gasteiger partial charge in [-0.2, -0.15) is 0 Å². The molecule has 2 aliphatic rings. The number of esters is 6. The van der Waals surface area contributed by atoms with E-state index in [1.54, 1.807) is 24.3 Å². The number of carbonyl (C=O) groups excluding carboxylic acids is 6. The number of fused-ring (bicyclic) bond motifs is 2. The second kappa shape index (κ2) is 20.5. The molecule has 3 aromatic rings. The average molecular weight is 1060 g/mol. The van der Waals surface area contributed by atoms with Gasteiger partial charge in [-0.05, 0) is 142 Å². The van der Waals surface area contributed by atoms with Crippen LogP contribution >= 0.6 is 31.9 Å². The minimum Gasteiger partial charge on any atom is -0.462 e. The second-order valence-corrected chi connectivity index (χ2v) is 21.7. The summed E-state index contributed by atoms with van der Waals surface area (Å²) in [6.45, 7) is 16.7. The van der Waals surface area contributed by atoms with Crippen molar-refractivity contribution in [3.63, 3.8) is 0 Å². The summed E-state index contributed by atoms with van der Waals surface area (Å²) in [6, 6.07) is 21.5. The van der Waals surface area contributed by atoms with Crippen LogP contribution in [0.25, 0.3) is 0 Å². The molecule has 0 aliphatic carbocycles. The quantitative estimate of drug-likeness (QED) is 0.112. The van der Waals surface area contributed by atoms with E-state index < -0.39 is 100 Å². The van der Waals surface area contributed by atoms with E-state index in [0.717, 1.165) is 5.56 Å². The zero-order valence-corrected chi connectivity index (χ0v) is 42.8. The van der Waals surface area contributed by atoms with E-state index in [-0.39, 0.29) is 29.9 Å². The minimum atomic E-state index is -3.61. The molecule has 15 nitrogen and oxygen atoms in total. The van der Waals surface area contributed by atoms with E-state index >= 15 is 4.79 Å². The molecule has 2 fully saturated rings. The predicted molar refractivity (Wildman–Crippen MR) is 249 cm³/mol. The lowest BCUT2D eigenvalue weighted by Crippen LogP contribution is -2.79. The summed E-state index contributed by atoms with van der Waals surface area (Å²) < 4.78 is 50.5. The molecule has 0 spiro atoms. The summed E-state index contributed by atoms with van der Waals surface area (Å²) in [5.41, 5.74) is -10.1. The Balaban J connectivity index is 1.80. The fourth-order valence-corrected chi connectivity index (χ4v) is 8.51. The predicted octanol–water partition coefficient (Wildman–Crippen LogP) is 8.56. The van der Waals surface area contributed by atoms with Crippen molar-refractivity contribution in [2.24, 2.45) is 5.92 Å². The van der Waals surface area contributed by atoms with Crippen molar-refractivity contribution in [3.8, 4) is 0 Å². The second-order valence-electron chi connectivity index (χ2n) is 19.8. The maximum Gasteiger partial charge on any atom is 0.347 e. The molecule has 5 rings (SSSR count). The molecule has 0 amide bonds. The summed E-state index contributed by atoms with van der Waals surface area (Å²) in [5, 5.41) is 13.4. The SMILES string of the molecule is CC(=O)O[C@H](CCC[C@]12O[C@H](C(=O)OC(C)(C)C)[C@@](O)(C(=O)OC(C)(C)C)[C@](C(=O)OC(C)(C)C)(O1)[C@H](OC(=O)c1ccc(Br)cc1)[C@H]2OC(=O)c1ccc(Br)cc1)[C@H](C)Cc1ccccc1. The highest BCUT2D eigenvalue weighted by Crippen LogP contribution is 2.58. The zero-order valence-electron chi connectivity index (χ0n) is 39.6. The van der Waals surface area contributed by atoms with E-state index in [2.05, 4.69) is 31.9 Å². The molecule has 1 N–H and O–H groups in total. The molecule has 67 heavy (non-hydrogen) atoms. The molecule has 3 aromatic carbocycles. The normalized spacial score (nSPS) is 24.7. The summed E-state index contributed by atoms with van der Waals surface area (Å²) in [5.74, 6) is -9.97. The van der Waals surface area contributed by atoms with Crippen molar-refractivity contribution in [1.82, 2.24) is 0 Å². The van der Waals surface area contributed by atoms with Gasteiger partial charge in [0.15, 0.2) is 12.2 Å². The Bertz CT molecular complexity index is 2280.